The van der Waals surface area contributed by atoms with Crippen LogP contribution in [0.5, 0.6) is 5.75 Å². The number of unbranched alkanes of at least 4 members (excludes halogenated alkanes) is 6. The van der Waals surface area contributed by atoms with Gasteiger partial charge in [0.05, 0.1) is 24.8 Å². The van der Waals surface area contributed by atoms with Gasteiger partial charge >= 0.3 is 5.97 Å². The summed E-state index contributed by atoms with van der Waals surface area (Å²) in [6.45, 7) is 4.43. The van der Waals surface area contributed by atoms with Crippen LogP contribution in [-0.2, 0) is 14.9 Å². The summed E-state index contributed by atoms with van der Waals surface area (Å²) in [5, 5.41) is 35.3. The van der Waals surface area contributed by atoms with Crippen LogP contribution in [0.15, 0.2) is 89.7 Å². The normalized spacial score (nSPS) is 14.9. The third-order valence-electron chi connectivity index (χ3n) is 10.2. The minimum Gasteiger partial charge on any atom is -0.506 e. The molecule has 5 rings (SSSR count). The molecule has 2 heterocycles. The molecule has 1 aliphatic heterocycles. The van der Waals surface area contributed by atoms with Gasteiger partial charge in [0.25, 0.3) is 0 Å². The van der Waals surface area contributed by atoms with E-state index in [4.69, 9.17) is 4.74 Å². The van der Waals surface area contributed by atoms with E-state index < -0.39 is 17.5 Å². The van der Waals surface area contributed by atoms with Crippen molar-refractivity contribution in [2.24, 2.45) is 5.92 Å². The molecule has 4 aromatic rings. The Kier molecular flexibility index (Phi) is 14.0. The average Bonchev–Trinajstić information content (AvgIpc) is 3.15. The fraction of sp³-hybridized carbons (Fsp3) is 0.463. The minimum atomic E-state index is -1.24. The number of benzene rings is 3. The quantitative estimate of drug-likeness (QED) is 0.0617. The molecule has 9 nitrogen and oxygen atoms in total. The minimum absolute atomic E-state index is 0.00556. The van der Waals surface area contributed by atoms with Crippen LogP contribution in [0.25, 0.3) is 10.9 Å². The van der Waals surface area contributed by atoms with Crippen molar-refractivity contribution in [3.8, 4) is 5.75 Å². The lowest BCUT2D eigenvalue weighted by Crippen LogP contribution is -2.43. The number of aromatic amines is 1. The van der Waals surface area contributed by atoms with Crippen molar-refractivity contribution in [3.63, 3.8) is 0 Å². The van der Waals surface area contributed by atoms with Crippen molar-refractivity contribution in [1.82, 2.24) is 15.2 Å². The van der Waals surface area contributed by atoms with Gasteiger partial charge in [0, 0.05) is 18.0 Å². The first-order valence-corrected chi connectivity index (χ1v) is 18.3. The number of phenols is 1. The largest absolute Gasteiger partial charge is 0.506 e. The summed E-state index contributed by atoms with van der Waals surface area (Å²) in [6, 6.07) is 25.1. The molecular weight excluding hydrogens is 630 g/mol. The summed E-state index contributed by atoms with van der Waals surface area (Å²) in [7, 11) is 0. The first kappa shape index (κ1) is 37.2. The second-order valence-corrected chi connectivity index (χ2v) is 13.7. The van der Waals surface area contributed by atoms with Crippen LogP contribution in [0.2, 0.25) is 0 Å². The smallest absolute Gasteiger partial charge is 0.323 e. The first-order valence-electron chi connectivity index (χ1n) is 18.3. The number of hydrogen-bond donors (Lipinski definition) is 5. The van der Waals surface area contributed by atoms with Gasteiger partial charge in [0.15, 0.2) is 0 Å². The lowest BCUT2D eigenvalue weighted by atomic mass is 9.75. The molecule has 1 atom stereocenters. The number of piperidine rings is 1. The van der Waals surface area contributed by atoms with Gasteiger partial charge in [-0.1, -0.05) is 98.8 Å². The fourth-order valence-corrected chi connectivity index (χ4v) is 7.16. The predicted molar refractivity (Wildman–Crippen MR) is 197 cm³/mol. The molecule has 1 aromatic heterocycles. The molecule has 0 spiro atoms. The maximum Gasteiger partial charge on any atom is 0.323 e. The van der Waals surface area contributed by atoms with E-state index in [1.807, 2.05) is 60.7 Å². The topological polar surface area (TPSA) is 135 Å². The Labute approximate surface area is 295 Å². The second kappa shape index (κ2) is 18.8. The number of aromatic nitrogens is 1. The van der Waals surface area contributed by atoms with Crippen molar-refractivity contribution in [3.05, 3.63) is 112 Å². The molecule has 0 bridgehead atoms. The Morgan fingerprint density at radius 3 is 2.12 bits per heavy atom. The van der Waals surface area contributed by atoms with Crippen molar-refractivity contribution in [2.75, 3.05) is 45.9 Å². The van der Waals surface area contributed by atoms with Crippen molar-refractivity contribution >= 4 is 16.9 Å². The zero-order valence-corrected chi connectivity index (χ0v) is 29.1. The number of esters is 1. The molecule has 5 N–H and O–H groups in total. The monoisotopic (exact) mass is 683 g/mol. The average molecular weight is 684 g/mol. The van der Waals surface area contributed by atoms with E-state index in [0.29, 0.717) is 35.5 Å². The van der Waals surface area contributed by atoms with Crippen LogP contribution in [0, 0.1) is 5.92 Å². The van der Waals surface area contributed by atoms with Gasteiger partial charge in [-0.2, -0.15) is 0 Å². The summed E-state index contributed by atoms with van der Waals surface area (Å²) in [5.41, 5.74) is 0.978. The zero-order valence-electron chi connectivity index (χ0n) is 29.1. The third kappa shape index (κ3) is 9.60. The Morgan fingerprint density at radius 2 is 1.48 bits per heavy atom. The van der Waals surface area contributed by atoms with Gasteiger partial charge in [-0.15, -0.1) is 0 Å². The number of nitrogens with zero attached hydrogens (tertiary/aromatic N) is 1. The highest BCUT2D eigenvalue weighted by molar-refractivity contribution is 5.88. The summed E-state index contributed by atoms with van der Waals surface area (Å²) in [4.78, 5) is 30.4. The number of nitrogens with one attached hydrogen (secondary N) is 2. The lowest BCUT2D eigenvalue weighted by Gasteiger charge is -2.34. The second-order valence-electron chi connectivity index (χ2n) is 13.7. The van der Waals surface area contributed by atoms with Gasteiger partial charge in [-0.05, 0) is 86.6 Å². The molecule has 1 unspecified atom stereocenters. The van der Waals surface area contributed by atoms with Crippen molar-refractivity contribution in [1.29, 1.82) is 0 Å². The number of fused-ring (bicyclic) bond motifs is 1. The van der Waals surface area contributed by atoms with E-state index in [1.54, 1.807) is 12.1 Å². The lowest BCUT2D eigenvalue weighted by molar-refractivity contribution is -0.152. The standard InChI is InChI=1S/C41H53N3O6/c45-30-41(32-14-8-6-9-15-32,33-16-10-7-11-17-33)40(49)50-29-31-22-26-44(27-23-31)25-13-5-3-1-2-4-12-24-42-28-37(47)34-18-20-36(46)39-35(34)19-21-38(48)43-39/h6-11,14-21,31,37,42,45-47H,1-5,12-13,22-30H2,(H,43,48). The maximum absolute atomic E-state index is 13.6. The van der Waals surface area contributed by atoms with Crippen molar-refractivity contribution < 1.29 is 24.9 Å². The van der Waals surface area contributed by atoms with Gasteiger partial charge in [0.1, 0.15) is 11.2 Å². The number of aliphatic hydroxyl groups excluding tert-OH is 2. The molecule has 1 fully saturated rings. The number of likely N-dealkylation sites (tertiary alicyclic amines) is 1. The molecule has 0 amide bonds. The SMILES string of the molecule is O=C(OCC1CCN(CCCCCCCCCNCC(O)c2ccc(O)c3[nH]c(=O)ccc23)CC1)C(CO)(c1ccccc1)c1ccccc1. The number of ether oxygens (including phenoxy) is 1. The summed E-state index contributed by atoms with van der Waals surface area (Å²) < 4.78 is 5.95. The number of pyridine rings is 1. The number of carbonyl (C=O) groups is 1. The van der Waals surface area contributed by atoms with Crippen LogP contribution < -0.4 is 10.9 Å². The van der Waals surface area contributed by atoms with Crippen LogP contribution in [0.1, 0.15) is 80.6 Å². The molecule has 9 heteroatoms. The Hall–Kier alpha value is -4.02. The summed E-state index contributed by atoms with van der Waals surface area (Å²) >= 11 is 0. The maximum atomic E-state index is 13.6. The first-order chi connectivity index (χ1) is 24.4. The Bertz CT molecular complexity index is 1630. The van der Waals surface area contributed by atoms with E-state index in [9.17, 15) is 24.9 Å². The van der Waals surface area contributed by atoms with Gasteiger partial charge < -0.3 is 35.3 Å². The number of rotatable bonds is 19. The van der Waals surface area contributed by atoms with Crippen LogP contribution in [-0.4, -0.2) is 77.1 Å². The highest BCUT2D eigenvalue weighted by atomic mass is 16.5. The van der Waals surface area contributed by atoms with Crippen LogP contribution in [0.4, 0.5) is 0 Å². The zero-order chi connectivity index (χ0) is 35.2. The molecule has 0 aliphatic carbocycles. The van der Waals surface area contributed by atoms with Crippen LogP contribution in [0.3, 0.4) is 0 Å². The van der Waals surface area contributed by atoms with E-state index in [-0.39, 0.29) is 17.9 Å². The molecule has 3 aromatic carbocycles. The van der Waals surface area contributed by atoms with Gasteiger partial charge in [0.2, 0.25) is 5.56 Å². The number of carbonyl (C=O) groups excluding carboxylic acids is 1. The predicted octanol–water partition coefficient (Wildman–Crippen LogP) is 5.82. The number of phenolic OH excluding ortho intramolecular Hbond substituents is 1. The van der Waals surface area contributed by atoms with E-state index >= 15 is 0 Å². The molecule has 1 aliphatic rings. The molecule has 0 saturated carbocycles. The summed E-state index contributed by atoms with van der Waals surface area (Å²) in [5.74, 6) is -0.0703. The van der Waals surface area contributed by atoms with E-state index in [0.717, 1.165) is 63.0 Å². The fourth-order valence-electron chi connectivity index (χ4n) is 7.16. The van der Waals surface area contributed by atoms with Gasteiger partial charge in [-0.25, -0.2) is 0 Å². The highest BCUT2D eigenvalue weighted by Gasteiger charge is 2.43. The third-order valence-corrected chi connectivity index (χ3v) is 10.2. The Balaban J connectivity index is 0.909. The number of H-pyrrole nitrogens is 1. The number of aliphatic hydroxyl groups is 2. The highest BCUT2D eigenvalue weighted by Crippen LogP contribution is 2.34. The number of aromatic hydroxyl groups is 1. The molecule has 0 radical (unpaired) electrons. The van der Waals surface area contributed by atoms with Gasteiger partial charge in [-0.3, -0.25) is 9.59 Å². The summed E-state index contributed by atoms with van der Waals surface area (Å²) in [6.07, 6.45) is 9.60. The van der Waals surface area contributed by atoms with E-state index in [2.05, 4.69) is 15.2 Å². The van der Waals surface area contributed by atoms with E-state index in [1.165, 1.54) is 44.2 Å². The molecular formula is C41H53N3O6. The Morgan fingerprint density at radius 1 is 0.860 bits per heavy atom. The van der Waals surface area contributed by atoms with Crippen LogP contribution >= 0.6 is 0 Å². The molecule has 50 heavy (non-hydrogen) atoms. The molecule has 1 saturated heterocycles. The number of hydrogen-bond acceptors (Lipinski definition) is 8. The molecule has 268 valence electrons. The van der Waals surface area contributed by atoms with Crippen molar-refractivity contribution in [2.45, 2.75) is 69.3 Å².